The molecule has 0 unspecified atom stereocenters. The van der Waals surface area contributed by atoms with Crippen molar-refractivity contribution in [1.29, 1.82) is 0 Å². The summed E-state index contributed by atoms with van der Waals surface area (Å²) in [6.45, 7) is 9.84. The van der Waals surface area contributed by atoms with E-state index in [0.29, 0.717) is 6.04 Å². The molecule has 0 bridgehead atoms. The number of aryl methyl sites for hydroxylation is 3. The van der Waals surface area contributed by atoms with Crippen molar-refractivity contribution in [1.82, 2.24) is 29.5 Å². The SMILES string of the molecule is Cc1cnn(C[C@@H](C)NCc2cn3c(C)cc(C)nc3n2)c1. The molecule has 3 rings (SSSR count). The van der Waals surface area contributed by atoms with Crippen LogP contribution in [-0.4, -0.2) is 30.2 Å². The maximum atomic E-state index is 4.58. The van der Waals surface area contributed by atoms with Gasteiger partial charge < -0.3 is 5.32 Å². The van der Waals surface area contributed by atoms with Gasteiger partial charge >= 0.3 is 0 Å². The molecule has 6 heteroatoms. The van der Waals surface area contributed by atoms with Crippen molar-refractivity contribution in [2.24, 2.45) is 0 Å². The summed E-state index contributed by atoms with van der Waals surface area (Å²) in [4.78, 5) is 9.05. The molecule has 22 heavy (non-hydrogen) atoms. The van der Waals surface area contributed by atoms with Gasteiger partial charge in [-0.05, 0) is 39.3 Å². The maximum absolute atomic E-state index is 4.58. The van der Waals surface area contributed by atoms with E-state index in [-0.39, 0.29) is 0 Å². The Labute approximate surface area is 130 Å². The molecule has 1 atom stereocenters. The second-order valence-corrected chi connectivity index (χ2v) is 5.96. The van der Waals surface area contributed by atoms with Crippen molar-refractivity contribution in [2.75, 3.05) is 0 Å². The van der Waals surface area contributed by atoms with Gasteiger partial charge in [0.05, 0.1) is 18.4 Å². The van der Waals surface area contributed by atoms with Crippen LogP contribution in [0.3, 0.4) is 0 Å². The second-order valence-electron chi connectivity index (χ2n) is 5.96. The number of fused-ring (bicyclic) bond motifs is 1. The minimum Gasteiger partial charge on any atom is -0.307 e. The minimum atomic E-state index is 0.319. The highest BCUT2D eigenvalue weighted by Gasteiger charge is 2.08. The topological polar surface area (TPSA) is 60.0 Å². The zero-order valence-electron chi connectivity index (χ0n) is 13.5. The lowest BCUT2D eigenvalue weighted by molar-refractivity contribution is 0.449. The van der Waals surface area contributed by atoms with E-state index < -0.39 is 0 Å². The molecule has 1 N–H and O–H groups in total. The summed E-state index contributed by atoms with van der Waals surface area (Å²) in [6.07, 6.45) is 5.99. The molecule has 3 heterocycles. The van der Waals surface area contributed by atoms with Gasteiger partial charge in [-0.2, -0.15) is 5.10 Å². The first-order chi connectivity index (χ1) is 10.5. The second kappa shape index (κ2) is 5.88. The van der Waals surface area contributed by atoms with E-state index in [4.69, 9.17) is 0 Å². The molecular formula is C16H22N6. The van der Waals surface area contributed by atoms with Gasteiger partial charge in [-0.15, -0.1) is 0 Å². The smallest absolute Gasteiger partial charge is 0.234 e. The lowest BCUT2D eigenvalue weighted by Gasteiger charge is -2.12. The highest BCUT2D eigenvalue weighted by molar-refractivity contribution is 5.34. The maximum Gasteiger partial charge on any atom is 0.234 e. The van der Waals surface area contributed by atoms with E-state index in [0.717, 1.165) is 35.9 Å². The molecule has 0 aliphatic carbocycles. The molecule has 0 saturated carbocycles. The minimum absolute atomic E-state index is 0.319. The first kappa shape index (κ1) is 14.7. The van der Waals surface area contributed by atoms with Crippen LogP contribution in [0.2, 0.25) is 0 Å². The third-order valence-corrected chi connectivity index (χ3v) is 3.67. The Morgan fingerprint density at radius 2 is 2.00 bits per heavy atom. The Morgan fingerprint density at radius 1 is 1.18 bits per heavy atom. The van der Waals surface area contributed by atoms with Crippen molar-refractivity contribution in [3.8, 4) is 0 Å². The fourth-order valence-corrected chi connectivity index (χ4v) is 2.59. The number of nitrogens with zero attached hydrogens (tertiary/aromatic N) is 5. The van der Waals surface area contributed by atoms with Crippen molar-refractivity contribution in [3.05, 3.63) is 47.3 Å². The highest BCUT2D eigenvalue weighted by Crippen LogP contribution is 2.08. The first-order valence-electron chi connectivity index (χ1n) is 7.56. The van der Waals surface area contributed by atoms with Gasteiger partial charge in [0.2, 0.25) is 5.78 Å². The molecule has 3 aromatic heterocycles. The normalized spacial score (nSPS) is 12.9. The number of hydrogen-bond acceptors (Lipinski definition) is 4. The zero-order valence-corrected chi connectivity index (χ0v) is 13.5. The molecule has 6 nitrogen and oxygen atoms in total. The highest BCUT2D eigenvalue weighted by atomic mass is 15.3. The molecule has 116 valence electrons. The standard InChI is InChI=1S/C16H22N6/c1-11-6-18-21(8-11)9-13(3)17-7-15-10-22-14(4)5-12(2)19-16(22)20-15/h5-6,8,10,13,17H,7,9H2,1-4H3/t13-/m1/s1. The van der Waals surface area contributed by atoms with Crippen molar-refractivity contribution in [3.63, 3.8) is 0 Å². The van der Waals surface area contributed by atoms with Crippen LogP contribution < -0.4 is 5.32 Å². The van der Waals surface area contributed by atoms with Crippen LogP contribution in [0.4, 0.5) is 0 Å². The van der Waals surface area contributed by atoms with Crippen LogP contribution in [0, 0.1) is 20.8 Å². The quantitative estimate of drug-likeness (QED) is 0.783. The van der Waals surface area contributed by atoms with Gasteiger partial charge in [-0.25, -0.2) is 9.97 Å². The van der Waals surface area contributed by atoms with E-state index in [1.807, 2.05) is 22.2 Å². The van der Waals surface area contributed by atoms with Crippen molar-refractivity contribution < 1.29 is 0 Å². The first-order valence-corrected chi connectivity index (χ1v) is 7.56. The summed E-state index contributed by atoms with van der Waals surface area (Å²) < 4.78 is 4.00. The monoisotopic (exact) mass is 298 g/mol. The fraction of sp³-hybridized carbons (Fsp3) is 0.438. The number of rotatable bonds is 5. The Bertz CT molecular complexity index is 785. The van der Waals surface area contributed by atoms with E-state index in [2.05, 4.69) is 59.6 Å². The molecule has 0 amide bonds. The molecule has 0 aliphatic heterocycles. The lowest BCUT2D eigenvalue weighted by atomic mass is 10.3. The van der Waals surface area contributed by atoms with Crippen LogP contribution >= 0.6 is 0 Å². The molecule has 0 saturated heterocycles. The summed E-state index contributed by atoms with van der Waals surface area (Å²) in [5, 5.41) is 7.80. The summed E-state index contributed by atoms with van der Waals surface area (Å²) in [5.41, 5.74) is 4.34. The molecular weight excluding hydrogens is 276 g/mol. The molecule has 0 fully saturated rings. The predicted molar refractivity (Wildman–Crippen MR) is 85.7 cm³/mol. The average Bonchev–Trinajstić information content (AvgIpc) is 3.03. The average molecular weight is 298 g/mol. The third kappa shape index (κ3) is 3.17. The van der Waals surface area contributed by atoms with Gasteiger partial charge in [0.1, 0.15) is 0 Å². The van der Waals surface area contributed by atoms with E-state index >= 15 is 0 Å². The Hall–Kier alpha value is -2.21. The molecule has 3 aromatic rings. The van der Waals surface area contributed by atoms with E-state index in [9.17, 15) is 0 Å². The molecule has 0 radical (unpaired) electrons. The van der Waals surface area contributed by atoms with Crippen LogP contribution in [-0.2, 0) is 13.1 Å². The number of imidazole rings is 1. The summed E-state index contributed by atoms with van der Waals surface area (Å²) in [6, 6.07) is 2.38. The largest absolute Gasteiger partial charge is 0.307 e. The van der Waals surface area contributed by atoms with Gasteiger partial charge in [-0.1, -0.05) is 0 Å². The Balaban J connectivity index is 1.64. The third-order valence-electron chi connectivity index (χ3n) is 3.67. The van der Waals surface area contributed by atoms with Gasteiger partial charge in [0.15, 0.2) is 0 Å². The molecule has 0 aromatic carbocycles. The van der Waals surface area contributed by atoms with Crippen LogP contribution in [0.15, 0.2) is 24.7 Å². The van der Waals surface area contributed by atoms with Crippen LogP contribution in [0.25, 0.3) is 5.78 Å². The zero-order chi connectivity index (χ0) is 15.7. The predicted octanol–water partition coefficient (Wildman–Crippen LogP) is 2.03. The van der Waals surface area contributed by atoms with Crippen LogP contribution in [0.5, 0.6) is 0 Å². The van der Waals surface area contributed by atoms with E-state index in [1.165, 1.54) is 5.56 Å². The fourth-order valence-electron chi connectivity index (χ4n) is 2.59. The van der Waals surface area contributed by atoms with Gasteiger partial charge in [0, 0.05) is 36.4 Å². The lowest BCUT2D eigenvalue weighted by Crippen LogP contribution is -2.30. The number of nitrogens with one attached hydrogen (secondary N) is 1. The van der Waals surface area contributed by atoms with Gasteiger partial charge in [0.25, 0.3) is 0 Å². The number of aromatic nitrogens is 5. The van der Waals surface area contributed by atoms with Gasteiger partial charge in [-0.3, -0.25) is 9.08 Å². The summed E-state index contributed by atoms with van der Waals surface area (Å²) >= 11 is 0. The van der Waals surface area contributed by atoms with Crippen molar-refractivity contribution >= 4 is 5.78 Å². The van der Waals surface area contributed by atoms with Crippen molar-refractivity contribution in [2.45, 2.75) is 46.8 Å². The molecule has 0 aliphatic rings. The number of hydrogen-bond donors (Lipinski definition) is 1. The Morgan fingerprint density at radius 3 is 2.73 bits per heavy atom. The van der Waals surface area contributed by atoms with E-state index in [1.54, 1.807) is 0 Å². The summed E-state index contributed by atoms with van der Waals surface area (Å²) in [5.74, 6) is 0.768. The summed E-state index contributed by atoms with van der Waals surface area (Å²) in [7, 11) is 0. The molecule has 0 spiro atoms. The van der Waals surface area contributed by atoms with Crippen LogP contribution in [0.1, 0.15) is 29.6 Å². The Kier molecular flexibility index (Phi) is 3.94.